The number of hydrogen-bond donors (Lipinski definition) is 4. The summed E-state index contributed by atoms with van der Waals surface area (Å²) in [6.45, 7) is 1.04. The highest BCUT2D eigenvalue weighted by molar-refractivity contribution is 5.82. The first-order chi connectivity index (χ1) is 10.5. The fraction of sp³-hybridized carbons (Fsp3) is 0.875. The number of carboxylic acids is 1. The molecular weight excluding hydrogens is 284 g/mol. The number of aliphatic carboxylic acids is 1. The largest absolute Gasteiger partial charge is 0.481 e. The van der Waals surface area contributed by atoms with Crippen LogP contribution in [0, 0.1) is 17.8 Å². The van der Waals surface area contributed by atoms with E-state index in [0.29, 0.717) is 11.8 Å². The lowest BCUT2D eigenvalue weighted by atomic mass is 9.70. The van der Waals surface area contributed by atoms with E-state index in [4.69, 9.17) is 5.11 Å². The Hall–Kier alpha value is -1.14. The van der Waals surface area contributed by atoms with Crippen LogP contribution in [0.3, 0.4) is 0 Å². The summed E-state index contributed by atoms with van der Waals surface area (Å²) in [6.07, 6.45) is 6.39. The first-order valence-electron chi connectivity index (χ1n) is 8.45. The maximum absolute atomic E-state index is 12.5. The van der Waals surface area contributed by atoms with Gasteiger partial charge in [0.25, 0.3) is 0 Å². The number of nitrogens with one attached hydrogen (secondary N) is 2. The maximum atomic E-state index is 12.5. The van der Waals surface area contributed by atoms with Gasteiger partial charge in [-0.3, -0.25) is 9.59 Å². The van der Waals surface area contributed by atoms with Crippen molar-refractivity contribution in [3.63, 3.8) is 0 Å². The average Bonchev–Trinajstić information content (AvgIpc) is 2.49. The molecule has 22 heavy (non-hydrogen) atoms. The number of carboxylic acid groups (broad SMARTS) is 1. The van der Waals surface area contributed by atoms with Crippen molar-refractivity contribution in [2.45, 2.75) is 56.6 Å². The molecule has 0 spiro atoms. The van der Waals surface area contributed by atoms with Crippen molar-refractivity contribution in [1.82, 2.24) is 10.6 Å². The predicted molar refractivity (Wildman–Crippen MR) is 80.2 cm³/mol. The van der Waals surface area contributed by atoms with Gasteiger partial charge < -0.3 is 20.8 Å². The lowest BCUT2D eigenvalue weighted by molar-refractivity contribution is -0.158. The van der Waals surface area contributed by atoms with E-state index in [1.807, 2.05) is 0 Å². The van der Waals surface area contributed by atoms with E-state index in [1.165, 1.54) is 19.3 Å². The standard InChI is InChI=1S/C16H26N2O4/c19-14(18-9-16(22)7-11(8-16)15(20)21)13-12-4-2-1-3-10(12)5-6-17-13/h10-13,17,22H,1-9H2,(H,18,19)(H,20,21). The molecule has 3 aliphatic rings. The molecular formula is C16H26N2O4. The van der Waals surface area contributed by atoms with E-state index in [2.05, 4.69) is 10.6 Å². The summed E-state index contributed by atoms with van der Waals surface area (Å²) in [6, 6.07) is -0.155. The Morgan fingerprint density at radius 3 is 2.64 bits per heavy atom. The SMILES string of the molecule is O=C(O)C1CC(O)(CNC(=O)C2NCCC3CCCCC32)C1. The second kappa shape index (κ2) is 6.16. The molecule has 0 bridgehead atoms. The zero-order valence-corrected chi connectivity index (χ0v) is 12.9. The number of hydrogen-bond acceptors (Lipinski definition) is 4. The van der Waals surface area contributed by atoms with Gasteiger partial charge in [0.2, 0.25) is 5.91 Å². The van der Waals surface area contributed by atoms with Crippen molar-refractivity contribution in [2.75, 3.05) is 13.1 Å². The van der Waals surface area contributed by atoms with Crippen molar-refractivity contribution in [3.8, 4) is 0 Å². The number of rotatable bonds is 4. The maximum Gasteiger partial charge on any atom is 0.306 e. The molecule has 4 N–H and O–H groups in total. The van der Waals surface area contributed by atoms with Crippen molar-refractivity contribution in [1.29, 1.82) is 0 Å². The Kier molecular flexibility index (Phi) is 4.41. The van der Waals surface area contributed by atoms with Crippen LogP contribution in [-0.4, -0.2) is 46.8 Å². The van der Waals surface area contributed by atoms with Crippen molar-refractivity contribution in [3.05, 3.63) is 0 Å². The summed E-state index contributed by atoms with van der Waals surface area (Å²) in [5, 5.41) is 25.3. The number of amides is 1. The molecule has 3 rings (SSSR count). The van der Waals surface area contributed by atoms with Gasteiger partial charge in [0.1, 0.15) is 0 Å². The number of piperidine rings is 1. The van der Waals surface area contributed by atoms with Gasteiger partial charge in [-0.05, 0) is 44.1 Å². The van der Waals surface area contributed by atoms with Crippen molar-refractivity contribution < 1.29 is 19.8 Å². The van der Waals surface area contributed by atoms with Gasteiger partial charge in [0.05, 0.1) is 17.6 Å². The van der Waals surface area contributed by atoms with Crippen molar-refractivity contribution in [2.24, 2.45) is 17.8 Å². The predicted octanol–water partition coefficient (Wildman–Crippen LogP) is 0.497. The average molecular weight is 310 g/mol. The first-order valence-corrected chi connectivity index (χ1v) is 8.45. The third-order valence-corrected chi connectivity index (χ3v) is 5.75. The van der Waals surface area contributed by atoms with Gasteiger partial charge in [-0.2, -0.15) is 0 Å². The smallest absolute Gasteiger partial charge is 0.306 e. The zero-order chi connectivity index (χ0) is 15.7. The topological polar surface area (TPSA) is 98.7 Å². The van der Waals surface area contributed by atoms with Crippen LogP contribution < -0.4 is 10.6 Å². The Bertz CT molecular complexity index is 445. The van der Waals surface area contributed by atoms with Gasteiger partial charge >= 0.3 is 5.97 Å². The van der Waals surface area contributed by atoms with Gasteiger partial charge in [-0.25, -0.2) is 0 Å². The van der Waals surface area contributed by atoms with Crippen LogP contribution in [0.15, 0.2) is 0 Å². The minimum absolute atomic E-state index is 0.0381. The molecule has 3 atom stereocenters. The van der Waals surface area contributed by atoms with E-state index < -0.39 is 17.5 Å². The minimum atomic E-state index is -1.04. The molecule has 1 amide bonds. The molecule has 2 saturated carbocycles. The molecule has 0 aromatic heterocycles. The van der Waals surface area contributed by atoms with Crippen molar-refractivity contribution >= 4 is 11.9 Å². The molecule has 6 heteroatoms. The first kappa shape index (κ1) is 15.7. The fourth-order valence-corrected chi connectivity index (χ4v) is 4.43. The molecule has 1 aliphatic heterocycles. The van der Waals surface area contributed by atoms with Crippen LogP contribution in [0.25, 0.3) is 0 Å². The van der Waals surface area contributed by atoms with E-state index in [1.54, 1.807) is 0 Å². The molecule has 3 unspecified atom stereocenters. The summed E-state index contributed by atoms with van der Waals surface area (Å²) < 4.78 is 0. The summed E-state index contributed by atoms with van der Waals surface area (Å²) in [4.78, 5) is 23.3. The van der Waals surface area contributed by atoms with Crippen LogP contribution >= 0.6 is 0 Å². The molecule has 1 heterocycles. The highest BCUT2D eigenvalue weighted by Crippen LogP contribution is 2.38. The molecule has 124 valence electrons. The Balaban J connectivity index is 1.50. The number of aliphatic hydroxyl groups is 1. The molecule has 3 fully saturated rings. The fourth-order valence-electron chi connectivity index (χ4n) is 4.43. The van der Waals surface area contributed by atoms with Crippen LogP contribution in [0.5, 0.6) is 0 Å². The second-order valence-corrected chi connectivity index (χ2v) is 7.31. The van der Waals surface area contributed by atoms with Gasteiger partial charge in [0.15, 0.2) is 0 Å². The van der Waals surface area contributed by atoms with Gasteiger partial charge in [-0.1, -0.05) is 19.3 Å². The van der Waals surface area contributed by atoms with E-state index in [-0.39, 0.29) is 31.3 Å². The highest BCUT2D eigenvalue weighted by atomic mass is 16.4. The number of carbonyl (C=O) groups excluding carboxylic acids is 1. The molecule has 0 aromatic carbocycles. The minimum Gasteiger partial charge on any atom is -0.481 e. The Labute approximate surface area is 130 Å². The second-order valence-electron chi connectivity index (χ2n) is 7.31. The zero-order valence-electron chi connectivity index (χ0n) is 12.9. The molecule has 0 radical (unpaired) electrons. The lowest BCUT2D eigenvalue weighted by Gasteiger charge is -2.43. The lowest BCUT2D eigenvalue weighted by Crippen LogP contribution is -2.59. The molecule has 1 saturated heterocycles. The van der Waals surface area contributed by atoms with E-state index in [9.17, 15) is 14.7 Å². The molecule has 6 nitrogen and oxygen atoms in total. The Morgan fingerprint density at radius 2 is 1.91 bits per heavy atom. The highest BCUT2D eigenvalue weighted by Gasteiger charge is 2.47. The van der Waals surface area contributed by atoms with Crippen LogP contribution in [0.4, 0.5) is 0 Å². The quantitative estimate of drug-likeness (QED) is 0.606. The summed E-state index contributed by atoms with van der Waals surface area (Å²) in [7, 11) is 0. The summed E-state index contributed by atoms with van der Waals surface area (Å²) >= 11 is 0. The van der Waals surface area contributed by atoms with Crippen LogP contribution in [0.2, 0.25) is 0 Å². The third-order valence-electron chi connectivity index (χ3n) is 5.75. The summed E-state index contributed by atoms with van der Waals surface area (Å²) in [5.74, 6) is -0.324. The number of carbonyl (C=O) groups is 2. The Morgan fingerprint density at radius 1 is 1.18 bits per heavy atom. The normalized spacial score (nSPS) is 41.1. The molecule has 2 aliphatic carbocycles. The van der Waals surface area contributed by atoms with E-state index >= 15 is 0 Å². The monoisotopic (exact) mass is 310 g/mol. The molecule has 0 aromatic rings. The van der Waals surface area contributed by atoms with Gasteiger partial charge in [0, 0.05) is 6.54 Å². The van der Waals surface area contributed by atoms with Crippen LogP contribution in [-0.2, 0) is 9.59 Å². The number of fused-ring (bicyclic) bond motifs is 1. The van der Waals surface area contributed by atoms with Crippen LogP contribution in [0.1, 0.15) is 44.9 Å². The van der Waals surface area contributed by atoms with Gasteiger partial charge in [-0.15, -0.1) is 0 Å². The van der Waals surface area contributed by atoms with E-state index in [0.717, 1.165) is 19.4 Å². The third kappa shape index (κ3) is 3.13. The summed E-state index contributed by atoms with van der Waals surface area (Å²) in [5.41, 5.74) is -1.04.